The van der Waals surface area contributed by atoms with Crippen molar-refractivity contribution in [1.29, 1.82) is 0 Å². The Morgan fingerprint density at radius 3 is 2.44 bits per heavy atom. The van der Waals surface area contributed by atoms with Gasteiger partial charge in [-0.25, -0.2) is 0 Å². The van der Waals surface area contributed by atoms with Crippen molar-refractivity contribution in [2.24, 2.45) is 5.73 Å². The van der Waals surface area contributed by atoms with Crippen LogP contribution in [0.25, 0.3) is 0 Å². The summed E-state index contributed by atoms with van der Waals surface area (Å²) in [5.74, 6) is 0. The fourth-order valence-electron chi connectivity index (χ4n) is 1.76. The molecule has 0 aliphatic heterocycles. The molecule has 1 nitrogen and oxygen atoms in total. The molecular formula is C12H14ClNS2. The molecule has 0 radical (unpaired) electrons. The number of thiophene rings is 2. The molecule has 0 amide bonds. The summed E-state index contributed by atoms with van der Waals surface area (Å²) in [4.78, 5) is 3.65. The Morgan fingerprint density at radius 2 is 2.00 bits per heavy atom. The molecule has 86 valence electrons. The maximum Gasteiger partial charge on any atom is 0.0672 e. The molecule has 2 rings (SSSR count). The van der Waals surface area contributed by atoms with Crippen LogP contribution in [0.2, 0.25) is 5.02 Å². The Bertz CT molecular complexity index is 511. The molecule has 2 aromatic rings. The highest BCUT2D eigenvalue weighted by Gasteiger charge is 2.18. The van der Waals surface area contributed by atoms with Crippen LogP contribution in [0.5, 0.6) is 0 Å². The van der Waals surface area contributed by atoms with Crippen LogP contribution in [-0.2, 0) is 0 Å². The summed E-state index contributed by atoms with van der Waals surface area (Å²) in [7, 11) is 0. The molecule has 0 saturated heterocycles. The monoisotopic (exact) mass is 271 g/mol. The van der Waals surface area contributed by atoms with E-state index in [1.54, 1.807) is 22.7 Å². The lowest BCUT2D eigenvalue weighted by atomic mass is 10.1. The van der Waals surface area contributed by atoms with Gasteiger partial charge in [-0.1, -0.05) is 11.6 Å². The van der Waals surface area contributed by atoms with E-state index in [9.17, 15) is 0 Å². The van der Waals surface area contributed by atoms with Crippen LogP contribution in [0, 0.1) is 20.8 Å². The highest BCUT2D eigenvalue weighted by atomic mass is 35.5. The van der Waals surface area contributed by atoms with Gasteiger partial charge in [0.05, 0.1) is 11.1 Å². The van der Waals surface area contributed by atoms with Crippen molar-refractivity contribution >= 4 is 34.3 Å². The number of rotatable bonds is 2. The number of aryl methyl sites for hydroxylation is 3. The van der Waals surface area contributed by atoms with Gasteiger partial charge in [0, 0.05) is 14.6 Å². The first-order valence-corrected chi connectivity index (χ1v) is 7.14. The molecule has 2 aromatic heterocycles. The maximum absolute atomic E-state index is 6.28. The van der Waals surface area contributed by atoms with Crippen molar-refractivity contribution in [2.75, 3.05) is 0 Å². The minimum Gasteiger partial charge on any atom is -0.320 e. The molecule has 16 heavy (non-hydrogen) atoms. The fourth-order valence-corrected chi connectivity index (χ4v) is 4.06. The second-order valence-electron chi connectivity index (χ2n) is 3.94. The molecule has 0 aliphatic carbocycles. The van der Waals surface area contributed by atoms with Gasteiger partial charge in [0.1, 0.15) is 0 Å². The number of halogens is 1. The van der Waals surface area contributed by atoms with E-state index >= 15 is 0 Å². The highest BCUT2D eigenvalue weighted by molar-refractivity contribution is 7.12. The molecule has 1 unspecified atom stereocenters. The highest BCUT2D eigenvalue weighted by Crippen LogP contribution is 2.37. The van der Waals surface area contributed by atoms with E-state index in [4.69, 9.17) is 17.3 Å². The summed E-state index contributed by atoms with van der Waals surface area (Å²) in [5, 5.41) is 2.88. The Hall–Kier alpha value is -0.350. The number of hydrogen-bond acceptors (Lipinski definition) is 3. The van der Waals surface area contributed by atoms with Crippen molar-refractivity contribution in [3.8, 4) is 0 Å². The van der Waals surface area contributed by atoms with Gasteiger partial charge in [0.25, 0.3) is 0 Å². The maximum atomic E-state index is 6.28. The van der Waals surface area contributed by atoms with Crippen LogP contribution in [0.1, 0.15) is 31.8 Å². The lowest BCUT2D eigenvalue weighted by Gasteiger charge is -2.10. The van der Waals surface area contributed by atoms with Gasteiger partial charge in [0.2, 0.25) is 0 Å². The van der Waals surface area contributed by atoms with Crippen LogP contribution in [0.4, 0.5) is 0 Å². The number of nitrogens with two attached hydrogens (primary N) is 1. The molecule has 0 fully saturated rings. The van der Waals surface area contributed by atoms with Crippen molar-refractivity contribution < 1.29 is 0 Å². The van der Waals surface area contributed by atoms with Crippen LogP contribution < -0.4 is 5.73 Å². The molecule has 1 atom stereocenters. The average Bonchev–Trinajstić information content (AvgIpc) is 2.71. The summed E-state index contributed by atoms with van der Waals surface area (Å²) < 4.78 is 0. The predicted molar refractivity (Wildman–Crippen MR) is 73.9 cm³/mol. The summed E-state index contributed by atoms with van der Waals surface area (Å²) in [6, 6.07) is 2.08. The van der Waals surface area contributed by atoms with Crippen molar-refractivity contribution in [2.45, 2.75) is 26.8 Å². The van der Waals surface area contributed by atoms with Crippen molar-refractivity contribution in [1.82, 2.24) is 0 Å². The van der Waals surface area contributed by atoms with Crippen LogP contribution in [0.3, 0.4) is 0 Å². The normalized spacial score (nSPS) is 13.1. The standard InChI is InChI=1S/C12H14ClNS2/c1-6-5-15-12(10(6)13)11(14)9-4-7(2)16-8(9)3/h4-5,11H,14H2,1-3H3. The van der Waals surface area contributed by atoms with E-state index in [0.717, 1.165) is 15.5 Å². The zero-order valence-electron chi connectivity index (χ0n) is 9.50. The van der Waals surface area contributed by atoms with Gasteiger partial charge in [-0.15, -0.1) is 22.7 Å². The Morgan fingerprint density at radius 1 is 1.31 bits per heavy atom. The fraction of sp³-hybridized carbons (Fsp3) is 0.333. The zero-order chi connectivity index (χ0) is 11.9. The minimum atomic E-state index is -0.0869. The lowest BCUT2D eigenvalue weighted by Crippen LogP contribution is -2.10. The van der Waals surface area contributed by atoms with Crippen LogP contribution >= 0.6 is 34.3 Å². The molecule has 0 saturated carbocycles. The van der Waals surface area contributed by atoms with E-state index in [2.05, 4.69) is 25.3 Å². The summed E-state index contributed by atoms with van der Waals surface area (Å²) in [6.45, 7) is 6.23. The van der Waals surface area contributed by atoms with E-state index in [1.807, 2.05) is 6.92 Å². The second-order valence-corrected chi connectivity index (χ2v) is 6.69. The molecule has 0 spiro atoms. The Balaban J connectivity index is 2.42. The molecule has 4 heteroatoms. The third-order valence-corrected chi connectivity index (χ3v) is 5.40. The van der Waals surface area contributed by atoms with Crippen molar-refractivity contribution in [3.63, 3.8) is 0 Å². The lowest BCUT2D eigenvalue weighted by molar-refractivity contribution is 0.890. The summed E-state index contributed by atoms with van der Waals surface area (Å²) >= 11 is 9.68. The second kappa shape index (κ2) is 4.49. The molecular weight excluding hydrogens is 258 g/mol. The largest absolute Gasteiger partial charge is 0.320 e. The van der Waals surface area contributed by atoms with Gasteiger partial charge in [0.15, 0.2) is 0 Å². The quantitative estimate of drug-likeness (QED) is 0.859. The van der Waals surface area contributed by atoms with Gasteiger partial charge in [-0.3, -0.25) is 0 Å². The minimum absolute atomic E-state index is 0.0869. The zero-order valence-corrected chi connectivity index (χ0v) is 11.9. The van der Waals surface area contributed by atoms with E-state index in [0.29, 0.717) is 0 Å². The predicted octanol–water partition coefficient (Wildman–Crippen LogP) is 4.44. The Labute approximate surface area is 109 Å². The average molecular weight is 272 g/mol. The first-order valence-electron chi connectivity index (χ1n) is 5.06. The van der Waals surface area contributed by atoms with E-state index in [1.165, 1.54) is 15.3 Å². The first-order chi connectivity index (χ1) is 7.50. The van der Waals surface area contributed by atoms with Gasteiger partial charge < -0.3 is 5.73 Å². The molecule has 0 aromatic carbocycles. The summed E-state index contributed by atoms with van der Waals surface area (Å²) in [5.41, 5.74) is 8.59. The molecule has 2 heterocycles. The smallest absolute Gasteiger partial charge is 0.0672 e. The summed E-state index contributed by atoms with van der Waals surface area (Å²) in [6.07, 6.45) is 0. The first kappa shape index (κ1) is 12.1. The SMILES string of the molecule is Cc1cc(C(N)c2scc(C)c2Cl)c(C)s1. The van der Waals surface area contributed by atoms with Crippen molar-refractivity contribution in [3.05, 3.63) is 42.2 Å². The topological polar surface area (TPSA) is 26.0 Å². The molecule has 0 bridgehead atoms. The third kappa shape index (κ3) is 2.05. The van der Waals surface area contributed by atoms with Crippen LogP contribution in [-0.4, -0.2) is 0 Å². The Kier molecular flexibility index (Phi) is 3.40. The van der Waals surface area contributed by atoms with E-state index < -0.39 is 0 Å². The molecule has 0 aliphatic rings. The number of hydrogen-bond donors (Lipinski definition) is 1. The van der Waals surface area contributed by atoms with Gasteiger partial charge in [-0.2, -0.15) is 0 Å². The van der Waals surface area contributed by atoms with Gasteiger partial charge >= 0.3 is 0 Å². The molecule has 2 N–H and O–H groups in total. The van der Waals surface area contributed by atoms with E-state index in [-0.39, 0.29) is 6.04 Å². The van der Waals surface area contributed by atoms with Gasteiger partial charge in [-0.05, 0) is 43.3 Å². The van der Waals surface area contributed by atoms with Crippen LogP contribution in [0.15, 0.2) is 11.4 Å². The third-order valence-electron chi connectivity index (χ3n) is 2.62.